The average molecular weight is 267 g/mol. The topological polar surface area (TPSA) is 39.7 Å². The zero-order chi connectivity index (χ0) is 13.8. The fraction of sp³-hybridized carbons (Fsp3) is 0.600. The standard InChI is InChI=1S/C15H25NO3/c1-3-11-18-14-7-4-5-8-15(14)19-12-6-9-16-10-13-17-2/h4-5,7-8,16H,3,6,9-13H2,1-2H3. The van der Waals surface area contributed by atoms with E-state index in [0.29, 0.717) is 6.61 Å². The zero-order valence-corrected chi connectivity index (χ0v) is 12.0. The molecule has 0 aliphatic rings. The quantitative estimate of drug-likeness (QED) is 0.625. The van der Waals surface area contributed by atoms with E-state index in [1.54, 1.807) is 7.11 Å². The third-order valence-corrected chi connectivity index (χ3v) is 2.55. The zero-order valence-electron chi connectivity index (χ0n) is 12.0. The van der Waals surface area contributed by atoms with Crippen molar-refractivity contribution in [1.29, 1.82) is 0 Å². The highest BCUT2D eigenvalue weighted by molar-refractivity contribution is 5.39. The Morgan fingerprint density at radius 3 is 2.26 bits per heavy atom. The molecule has 1 aromatic rings. The molecule has 108 valence electrons. The molecule has 4 heteroatoms. The van der Waals surface area contributed by atoms with Crippen molar-refractivity contribution in [3.8, 4) is 11.5 Å². The maximum Gasteiger partial charge on any atom is 0.161 e. The van der Waals surface area contributed by atoms with Crippen molar-refractivity contribution in [2.24, 2.45) is 0 Å². The number of hydrogen-bond donors (Lipinski definition) is 1. The van der Waals surface area contributed by atoms with Gasteiger partial charge in [0, 0.05) is 13.7 Å². The monoisotopic (exact) mass is 267 g/mol. The highest BCUT2D eigenvalue weighted by Crippen LogP contribution is 2.26. The fourth-order valence-corrected chi connectivity index (χ4v) is 1.58. The van der Waals surface area contributed by atoms with Crippen LogP contribution in [0.25, 0.3) is 0 Å². The van der Waals surface area contributed by atoms with E-state index in [0.717, 1.165) is 50.6 Å². The maximum absolute atomic E-state index is 5.74. The Morgan fingerprint density at radius 2 is 1.63 bits per heavy atom. The summed E-state index contributed by atoms with van der Waals surface area (Å²) in [5.74, 6) is 1.66. The first-order chi connectivity index (χ1) is 9.38. The van der Waals surface area contributed by atoms with Gasteiger partial charge in [-0.2, -0.15) is 0 Å². The smallest absolute Gasteiger partial charge is 0.161 e. The molecular weight excluding hydrogens is 242 g/mol. The lowest BCUT2D eigenvalue weighted by atomic mass is 10.3. The summed E-state index contributed by atoms with van der Waals surface area (Å²) < 4.78 is 16.3. The summed E-state index contributed by atoms with van der Waals surface area (Å²) in [6, 6.07) is 7.82. The third kappa shape index (κ3) is 7.03. The van der Waals surface area contributed by atoms with E-state index in [-0.39, 0.29) is 0 Å². The lowest BCUT2D eigenvalue weighted by Gasteiger charge is -2.12. The molecule has 1 aromatic carbocycles. The van der Waals surface area contributed by atoms with E-state index in [4.69, 9.17) is 14.2 Å². The van der Waals surface area contributed by atoms with E-state index in [1.165, 1.54) is 0 Å². The summed E-state index contributed by atoms with van der Waals surface area (Å²) in [6.45, 7) is 6.06. The predicted octanol–water partition coefficient (Wildman–Crippen LogP) is 2.48. The number of ether oxygens (including phenoxy) is 3. The molecule has 19 heavy (non-hydrogen) atoms. The first kappa shape index (κ1) is 15.8. The van der Waals surface area contributed by atoms with Gasteiger partial charge < -0.3 is 19.5 Å². The second kappa shape index (κ2) is 10.6. The normalized spacial score (nSPS) is 10.4. The van der Waals surface area contributed by atoms with Crippen molar-refractivity contribution >= 4 is 0 Å². The largest absolute Gasteiger partial charge is 0.490 e. The maximum atomic E-state index is 5.74. The van der Waals surface area contributed by atoms with E-state index < -0.39 is 0 Å². The van der Waals surface area contributed by atoms with Gasteiger partial charge in [0.25, 0.3) is 0 Å². The molecule has 0 saturated carbocycles. The molecular formula is C15H25NO3. The number of hydrogen-bond acceptors (Lipinski definition) is 4. The van der Waals surface area contributed by atoms with Gasteiger partial charge in [0.1, 0.15) is 0 Å². The van der Waals surface area contributed by atoms with E-state index in [1.807, 2.05) is 24.3 Å². The Morgan fingerprint density at radius 1 is 0.947 bits per heavy atom. The van der Waals surface area contributed by atoms with Crippen LogP contribution in [0.3, 0.4) is 0 Å². The second-order valence-corrected chi connectivity index (χ2v) is 4.24. The van der Waals surface area contributed by atoms with Crippen LogP contribution in [0.5, 0.6) is 11.5 Å². The molecule has 1 rings (SSSR count). The van der Waals surface area contributed by atoms with Gasteiger partial charge in [-0.1, -0.05) is 19.1 Å². The molecule has 0 atom stereocenters. The van der Waals surface area contributed by atoms with Gasteiger partial charge >= 0.3 is 0 Å². The van der Waals surface area contributed by atoms with Crippen LogP contribution in [0.4, 0.5) is 0 Å². The molecule has 0 amide bonds. The van der Waals surface area contributed by atoms with Crippen molar-refractivity contribution in [3.63, 3.8) is 0 Å². The van der Waals surface area contributed by atoms with Gasteiger partial charge in [0.15, 0.2) is 11.5 Å². The van der Waals surface area contributed by atoms with Gasteiger partial charge in [-0.25, -0.2) is 0 Å². The van der Waals surface area contributed by atoms with Crippen molar-refractivity contribution < 1.29 is 14.2 Å². The average Bonchev–Trinajstić information content (AvgIpc) is 2.45. The van der Waals surface area contributed by atoms with Gasteiger partial charge in [-0.15, -0.1) is 0 Å². The minimum Gasteiger partial charge on any atom is -0.490 e. The molecule has 0 aliphatic carbocycles. The Bertz CT molecular complexity index is 331. The Hall–Kier alpha value is -1.26. The van der Waals surface area contributed by atoms with Crippen LogP contribution in [-0.2, 0) is 4.74 Å². The molecule has 0 radical (unpaired) electrons. The first-order valence-corrected chi connectivity index (χ1v) is 6.92. The number of para-hydroxylation sites is 2. The predicted molar refractivity (Wildman–Crippen MR) is 77.1 cm³/mol. The fourth-order valence-electron chi connectivity index (χ4n) is 1.58. The summed E-state index contributed by atoms with van der Waals surface area (Å²) in [5, 5.41) is 3.29. The number of rotatable bonds is 11. The van der Waals surface area contributed by atoms with Crippen LogP contribution < -0.4 is 14.8 Å². The molecule has 0 heterocycles. The highest BCUT2D eigenvalue weighted by atomic mass is 16.5. The summed E-state index contributed by atoms with van der Waals surface area (Å²) in [4.78, 5) is 0. The van der Waals surface area contributed by atoms with Crippen molar-refractivity contribution in [2.75, 3.05) is 40.0 Å². The second-order valence-electron chi connectivity index (χ2n) is 4.24. The molecule has 0 aliphatic heterocycles. The lowest BCUT2D eigenvalue weighted by Crippen LogP contribution is -2.21. The molecule has 1 N–H and O–H groups in total. The third-order valence-electron chi connectivity index (χ3n) is 2.55. The van der Waals surface area contributed by atoms with Crippen LogP contribution >= 0.6 is 0 Å². The number of benzene rings is 1. The molecule has 4 nitrogen and oxygen atoms in total. The van der Waals surface area contributed by atoms with Crippen LogP contribution in [0, 0.1) is 0 Å². The first-order valence-electron chi connectivity index (χ1n) is 6.92. The molecule has 0 fully saturated rings. The SMILES string of the molecule is CCCOc1ccccc1OCCCNCCOC. The van der Waals surface area contributed by atoms with Crippen LogP contribution in [0.1, 0.15) is 19.8 Å². The number of methoxy groups -OCH3 is 1. The van der Waals surface area contributed by atoms with Gasteiger partial charge in [0.05, 0.1) is 19.8 Å². The van der Waals surface area contributed by atoms with E-state index in [2.05, 4.69) is 12.2 Å². The van der Waals surface area contributed by atoms with Crippen LogP contribution in [0.2, 0.25) is 0 Å². The van der Waals surface area contributed by atoms with E-state index in [9.17, 15) is 0 Å². The van der Waals surface area contributed by atoms with Crippen LogP contribution in [-0.4, -0.2) is 40.0 Å². The van der Waals surface area contributed by atoms with E-state index >= 15 is 0 Å². The van der Waals surface area contributed by atoms with Crippen LogP contribution in [0.15, 0.2) is 24.3 Å². The summed E-state index contributed by atoms with van der Waals surface area (Å²) in [7, 11) is 1.71. The van der Waals surface area contributed by atoms with Crippen molar-refractivity contribution in [3.05, 3.63) is 24.3 Å². The van der Waals surface area contributed by atoms with Gasteiger partial charge in [-0.3, -0.25) is 0 Å². The molecule has 0 aromatic heterocycles. The molecule has 0 spiro atoms. The molecule has 0 saturated heterocycles. The summed E-state index contributed by atoms with van der Waals surface area (Å²) in [5.41, 5.74) is 0. The summed E-state index contributed by atoms with van der Waals surface area (Å²) in [6.07, 6.45) is 1.96. The molecule has 0 bridgehead atoms. The Kier molecular flexibility index (Phi) is 8.85. The Labute approximate surface area is 116 Å². The molecule has 0 unspecified atom stereocenters. The highest BCUT2D eigenvalue weighted by Gasteiger charge is 2.03. The lowest BCUT2D eigenvalue weighted by molar-refractivity contribution is 0.198. The number of nitrogens with one attached hydrogen (secondary N) is 1. The van der Waals surface area contributed by atoms with Crippen molar-refractivity contribution in [1.82, 2.24) is 5.32 Å². The van der Waals surface area contributed by atoms with Crippen molar-refractivity contribution in [2.45, 2.75) is 19.8 Å². The van der Waals surface area contributed by atoms with Gasteiger partial charge in [-0.05, 0) is 31.5 Å². The minimum atomic E-state index is 0.687. The Balaban J connectivity index is 2.21. The minimum absolute atomic E-state index is 0.687. The van der Waals surface area contributed by atoms with Gasteiger partial charge in [0.2, 0.25) is 0 Å². The summed E-state index contributed by atoms with van der Waals surface area (Å²) >= 11 is 0.